The zero-order chi connectivity index (χ0) is 14.3. The molecular formula is C16H21NO2. The molecule has 1 rings (SSSR count). The Bertz CT molecular complexity index is 495. The Morgan fingerprint density at radius 3 is 2.74 bits per heavy atom. The normalized spacial score (nSPS) is 9.74. The van der Waals surface area contributed by atoms with Crippen molar-refractivity contribution in [2.24, 2.45) is 0 Å². The van der Waals surface area contributed by atoms with Gasteiger partial charge in [-0.3, -0.25) is 0 Å². The Morgan fingerprint density at radius 2 is 2.11 bits per heavy atom. The van der Waals surface area contributed by atoms with Gasteiger partial charge in [-0.2, -0.15) is 0 Å². The molecule has 3 heteroatoms. The van der Waals surface area contributed by atoms with Crippen molar-refractivity contribution >= 4 is 6.09 Å². The second kappa shape index (κ2) is 7.48. The number of aryl methyl sites for hydroxylation is 2. The monoisotopic (exact) mass is 259 g/mol. The summed E-state index contributed by atoms with van der Waals surface area (Å²) in [6.45, 7) is 6.49. The third-order valence-corrected chi connectivity index (χ3v) is 2.78. The molecule has 0 aromatic heterocycles. The lowest BCUT2D eigenvalue weighted by Gasteiger charge is -2.09. The Morgan fingerprint density at radius 1 is 1.37 bits per heavy atom. The summed E-state index contributed by atoms with van der Waals surface area (Å²) in [7, 11) is 1.50. The van der Waals surface area contributed by atoms with Crippen molar-refractivity contribution in [3.63, 3.8) is 0 Å². The van der Waals surface area contributed by atoms with E-state index in [2.05, 4.69) is 61.1 Å². The number of carbonyl (C=O) groups is 1. The fourth-order valence-corrected chi connectivity index (χ4v) is 1.76. The smallest absolute Gasteiger partial charge is 0.356 e. The molecule has 0 aliphatic rings. The fourth-order valence-electron chi connectivity index (χ4n) is 1.76. The maximum atomic E-state index is 10.8. The van der Waals surface area contributed by atoms with Gasteiger partial charge in [-0.15, -0.1) is 0 Å². The molecule has 0 saturated carbocycles. The Kier molecular flexibility index (Phi) is 5.95. The van der Waals surface area contributed by atoms with Gasteiger partial charge in [0, 0.05) is 13.5 Å². The van der Waals surface area contributed by atoms with E-state index in [4.69, 9.17) is 0 Å². The molecule has 0 radical (unpaired) electrons. The lowest BCUT2D eigenvalue weighted by atomic mass is 9.96. The summed E-state index contributed by atoms with van der Waals surface area (Å²) < 4.78 is 4.60. The Hall–Kier alpha value is -1.95. The maximum Gasteiger partial charge on any atom is 0.420 e. The summed E-state index contributed by atoms with van der Waals surface area (Å²) in [5.41, 5.74) is 3.90. The molecule has 0 atom stereocenters. The number of rotatable bonds is 3. The van der Waals surface area contributed by atoms with E-state index in [0.717, 1.165) is 6.42 Å². The van der Waals surface area contributed by atoms with Crippen LogP contribution in [0.25, 0.3) is 0 Å². The van der Waals surface area contributed by atoms with E-state index in [-0.39, 0.29) is 0 Å². The van der Waals surface area contributed by atoms with Gasteiger partial charge < -0.3 is 10.1 Å². The summed E-state index contributed by atoms with van der Waals surface area (Å²) in [6, 6.07) is 6.61. The molecule has 1 amide bonds. The van der Waals surface area contributed by atoms with Gasteiger partial charge in [-0.25, -0.2) is 4.79 Å². The SMILES string of the molecule is CNC(=O)OC#CCCc1cc(C)cc(C(C)C)c1. The second-order valence-corrected chi connectivity index (χ2v) is 4.83. The maximum absolute atomic E-state index is 10.8. The molecule has 0 saturated heterocycles. The van der Waals surface area contributed by atoms with E-state index in [1.165, 1.54) is 23.7 Å². The lowest BCUT2D eigenvalue weighted by Crippen LogP contribution is -2.16. The third kappa shape index (κ3) is 5.48. The predicted octanol–water partition coefficient (Wildman–Crippen LogP) is 3.37. The molecule has 19 heavy (non-hydrogen) atoms. The van der Waals surface area contributed by atoms with Gasteiger partial charge in [0.25, 0.3) is 0 Å². The Labute approximate surface area is 115 Å². The van der Waals surface area contributed by atoms with Crippen molar-refractivity contribution in [1.82, 2.24) is 5.32 Å². The van der Waals surface area contributed by atoms with Crippen LogP contribution in [0.15, 0.2) is 18.2 Å². The van der Waals surface area contributed by atoms with E-state index in [1.54, 1.807) is 0 Å². The first kappa shape index (κ1) is 15.1. The topological polar surface area (TPSA) is 38.3 Å². The van der Waals surface area contributed by atoms with Crippen molar-refractivity contribution in [2.75, 3.05) is 7.05 Å². The van der Waals surface area contributed by atoms with Crippen LogP contribution in [0.5, 0.6) is 0 Å². The molecule has 1 aromatic carbocycles. The second-order valence-electron chi connectivity index (χ2n) is 4.83. The van der Waals surface area contributed by atoms with Crippen molar-refractivity contribution in [3.8, 4) is 12.0 Å². The van der Waals surface area contributed by atoms with E-state index in [1.807, 2.05) is 0 Å². The van der Waals surface area contributed by atoms with Gasteiger partial charge in [0.15, 0.2) is 0 Å². The van der Waals surface area contributed by atoms with Crippen LogP contribution in [0.3, 0.4) is 0 Å². The fraction of sp³-hybridized carbons (Fsp3) is 0.438. The molecular weight excluding hydrogens is 238 g/mol. The molecule has 0 aliphatic heterocycles. The molecule has 0 heterocycles. The summed E-state index contributed by atoms with van der Waals surface area (Å²) in [5.74, 6) is 3.36. The number of benzene rings is 1. The summed E-state index contributed by atoms with van der Waals surface area (Å²) in [5, 5.41) is 2.34. The van der Waals surface area contributed by atoms with Crippen molar-refractivity contribution in [2.45, 2.75) is 39.5 Å². The number of amides is 1. The van der Waals surface area contributed by atoms with Crippen LogP contribution in [0.2, 0.25) is 0 Å². The first-order chi connectivity index (χ1) is 9.02. The zero-order valence-corrected chi connectivity index (χ0v) is 12.0. The van der Waals surface area contributed by atoms with Crippen LogP contribution in [-0.2, 0) is 11.2 Å². The summed E-state index contributed by atoms with van der Waals surface area (Å²) in [6.07, 6.45) is 3.42. The Balaban J connectivity index is 2.56. The lowest BCUT2D eigenvalue weighted by molar-refractivity contribution is 0.194. The van der Waals surface area contributed by atoms with E-state index >= 15 is 0 Å². The number of nitrogens with one attached hydrogen (secondary N) is 1. The highest BCUT2D eigenvalue weighted by Crippen LogP contribution is 2.18. The highest BCUT2D eigenvalue weighted by Gasteiger charge is 2.02. The number of ether oxygens (including phenoxy) is 1. The van der Waals surface area contributed by atoms with E-state index in [9.17, 15) is 4.79 Å². The minimum atomic E-state index is -0.523. The summed E-state index contributed by atoms with van der Waals surface area (Å²) >= 11 is 0. The average molecular weight is 259 g/mol. The number of hydrogen-bond donors (Lipinski definition) is 1. The number of carbonyl (C=O) groups excluding carboxylic acids is 1. The zero-order valence-electron chi connectivity index (χ0n) is 12.0. The van der Waals surface area contributed by atoms with Crippen LogP contribution in [0.4, 0.5) is 4.79 Å². The van der Waals surface area contributed by atoms with Crippen LogP contribution < -0.4 is 5.32 Å². The van der Waals surface area contributed by atoms with E-state index in [0.29, 0.717) is 12.3 Å². The summed E-state index contributed by atoms with van der Waals surface area (Å²) in [4.78, 5) is 10.8. The minimum Gasteiger partial charge on any atom is -0.356 e. The quantitative estimate of drug-likeness (QED) is 0.845. The molecule has 102 valence electrons. The molecule has 0 spiro atoms. The molecule has 0 fully saturated rings. The molecule has 0 unspecified atom stereocenters. The third-order valence-electron chi connectivity index (χ3n) is 2.78. The van der Waals surface area contributed by atoms with Crippen LogP contribution in [0, 0.1) is 19.0 Å². The van der Waals surface area contributed by atoms with Crippen LogP contribution >= 0.6 is 0 Å². The van der Waals surface area contributed by atoms with Gasteiger partial charge in [0.2, 0.25) is 0 Å². The van der Waals surface area contributed by atoms with Gasteiger partial charge in [-0.1, -0.05) is 43.5 Å². The molecule has 3 nitrogen and oxygen atoms in total. The van der Waals surface area contributed by atoms with Gasteiger partial charge in [0.05, 0.1) is 0 Å². The first-order valence-electron chi connectivity index (χ1n) is 6.49. The van der Waals surface area contributed by atoms with Crippen molar-refractivity contribution in [1.29, 1.82) is 0 Å². The highest BCUT2D eigenvalue weighted by atomic mass is 16.5. The van der Waals surface area contributed by atoms with Crippen LogP contribution in [0.1, 0.15) is 42.9 Å². The van der Waals surface area contributed by atoms with Crippen LogP contribution in [-0.4, -0.2) is 13.1 Å². The standard InChI is InChI=1S/C16H21NO2/c1-12(2)15-10-13(3)9-14(11-15)7-5-6-8-19-16(18)17-4/h9-12H,5,7H2,1-4H3,(H,17,18). The number of alkyl carbamates (subject to hydrolysis) is 1. The molecule has 0 bridgehead atoms. The van der Waals surface area contributed by atoms with Crippen molar-refractivity contribution in [3.05, 3.63) is 34.9 Å². The predicted molar refractivity (Wildman–Crippen MR) is 76.9 cm³/mol. The molecule has 1 aromatic rings. The average Bonchev–Trinajstić information content (AvgIpc) is 2.37. The largest absolute Gasteiger partial charge is 0.420 e. The first-order valence-corrected chi connectivity index (χ1v) is 6.49. The van der Waals surface area contributed by atoms with Crippen molar-refractivity contribution < 1.29 is 9.53 Å². The number of hydrogen-bond acceptors (Lipinski definition) is 2. The van der Waals surface area contributed by atoms with Gasteiger partial charge in [-0.05, 0) is 30.4 Å². The van der Waals surface area contributed by atoms with E-state index < -0.39 is 6.09 Å². The minimum absolute atomic E-state index is 0.523. The van der Waals surface area contributed by atoms with Gasteiger partial charge in [0.1, 0.15) is 6.11 Å². The molecule has 1 N–H and O–H groups in total. The van der Waals surface area contributed by atoms with Gasteiger partial charge >= 0.3 is 6.09 Å². The highest BCUT2D eigenvalue weighted by molar-refractivity contribution is 5.67. The molecule has 0 aliphatic carbocycles.